The van der Waals surface area contributed by atoms with Crippen LogP contribution in [0.25, 0.3) is 0 Å². The molecule has 2 aliphatic rings. The molecule has 2 atom stereocenters. The Morgan fingerprint density at radius 2 is 2.08 bits per heavy atom. The standard InChI is InChI=1S/C17H19F3N2O3/c1-10-4-5-11(17(18,19)20)7-13(10)21-15(25)22-8-12-3-2-6-16(12,9-22)14(23)24/h4-5,7,12H,2-3,6,8-9H2,1H3,(H,21,25)(H,23,24)/t12-,16+/m0/s1. The lowest BCUT2D eigenvalue weighted by Crippen LogP contribution is -2.38. The SMILES string of the molecule is Cc1ccc(C(F)(F)F)cc1NC(=O)N1C[C@@H]2CCC[C@@]2(C(=O)O)C1. The molecule has 2 N–H and O–H groups in total. The molecule has 0 radical (unpaired) electrons. The number of aliphatic carboxylic acids is 1. The van der Waals surface area contributed by atoms with E-state index in [0.717, 1.165) is 25.0 Å². The summed E-state index contributed by atoms with van der Waals surface area (Å²) in [7, 11) is 0. The molecule has 25 heavy (non-hydrogen) atoms. The fourth-order valence-electron chi connectivity index (χ4n) is 3.92. The highest BCUT2D eigenvalue weighted by molar-refractivity contribution is 5.91. The van der Waals surface area contributed by atoms with E-state index in [1.54, 1.807) is 6.92 Å². The van der Waals surface area contributed by atoms with Gasteiger partial charge < -0.3 is 15.3 Å². The number of nitrogens with zero attached hydrogens (tertiary/aromatic N) is 1. The summed E-state index contributed by atoms with van der Waals surface area (Å²) < 4.78 is 38.5. The molecule has 1 saturated carbocycles. The molecule has 5 nitrogen and oxygen atoms in total. The van der Waals surface area contributed by atoms with Crippen LogP contribution in [-0.2, 0) is 11.0 Å². The lowest BCUT2D eigenvalue weighted by molar-refractivity contribution is -0.149. The molecular weight excluding hydrogens is 337 g/mol. The second-order valence-corrected chi connectivity index (χ2v) is 6.89. The van der Waals surface area contributed by atoms with E-state index in [4.69, 9.17) is 0 Å². The zero-order chi connectivity index (χ0) is 18.4. The summed E-state index contributed by atoms with van der Waals surface area (Å²) >= 11 is 0. The van der Waals surface area contributed by atoms with Gasteiger partial charge in [0, 0.05) is 18.8 Å². The van der Waals surface area contributed by atoms with Crippen molar-refractivity contribution in [1.82, 2.24) is 4.90 Å². The molecular formula is C17H19F3N2O3. The van der Waals surface area contributed by atoms with Crippen LogP contribution in [0.15, 0.2) is 18.2 Å². The molecule has 1 saturated heterocycles. The lowest BCUT2D eigenvalue weighted by Gasteiger charge is -2.23. The van der Waals surface area contributed by atoms with Crippen molar-refractivity contribution in [3.63, 3.8) is 0 Å². The Bertz CT molecular complexity index is 720. The number of hydrogen-bond donors (Lipinski definition) is 2. The summed E-state index contributed by atoms with van der Waals surface area (Å²) in [5, 5.41) is 12.1. The number of carboxylic acid groups (broad SMARTS) is 1. The number of fused-ring (bicyclic) bond motifs is 1. The van der Waals surface area contributed by atoms with Crippen LogP contribution in [0.1, 0.15) is 30.4 Å². The van der Waals surface area contributed by atoms with Crippen LogP contribution in [0.2, 0.25) is 0 Å². The summed E-state index contributed by atoms with van der Waals surface area (Å²) in [5.74, 6) is -1.00. The van der Waals surface area contributed by atoms with Gasteiger partial charge in [0.15, 0.2) is 0 Å². The van der Waals surface area contributed by atoms with Crippen LogP contribution in [-0.4, -0.2) is 35.1 Å². The van der Waals surface area contributed by atoms with Gasteiger partial charge in [-0.3, -0.25) is 4.79 Å². The van der Waals surface area contributed by atoms with Gasteiger partial charge >= 0.3 is 18.2 Å². The molecule has 1 aliphatic heterocycles. The van der Waals surface area contributed by atoms with E-state index in [0.29, 0.717) is 18.5 Å². The van der Waals surface area contributed by atoms with E-state index < -0.39 is 29.2 Å². The maximum Gasteiger partial charge on any atom is 0.416 e. The number of anilines is 1. The third kappa shape index (κ3) is 3.05. The van der Waals surface area contributed by atoms with Crippen molar-refractivity contribution < 1.29 is 27.9 Å². The van der Waals surface area contributed by atoms with Crippen molar-refractivity contribution in [2.75, 3.05) is 18.4 Å². The molecule has 1 heterocycles. The van der Waals surface area contributed by atoms with Gasteiger partial charge in [-0.05, 0) is 43.4 Å². The topological polar surface area (TPSA) is 69.6 Å². The van der Waals surface area contributed by atoms with Gasteiger partial charge in [0.1, 0.15) is 0 Å². The van der Waals surface area contributed by atoms with Crippen LogP contribution in [0.5, 0.6) is 0 Å². The van der Waals surface area contributed by atoms with Crippen LogP contribution in [0.4, 0.5) is 23.7 Å². The molecule has 136 valence electrons. The second-order valence-electron chi connectivity index (χ2n) is 6.89. The predicted molar refractivity (Wildman–Crippen MR) is 84.2 cm³/mol. The van der Waals surface area contributed by atoms with Crippen molar-refractivity contribution in [2.45, 2.75) is 32.4 Å². The number of benzene rings is 1. The van der Waals surface area contributed by atoms with Gasteiger partial charge in [-0.1, -0.05) is 12.5 Å². The minimum Gasteiger partial charge on any atom is -0.481 e. The van der Waals surface area contributed by atoms with E-state index >= 15 is 0 Å². The van der Waals surface area contributed by atoms with E-state index in [1.165, 1.54) is 11.0 Å². The monoisotopic (exact) mass is 356 g/mol. The van der Waals surface area contributed by atoms with Crippen LogP contribution in [0, 0.1) is 18.3 Å². The normalized spacial score (nSPS) is 25.8. The molecule has 2 fully saturated rings. The number of carbonyl (C=O) groups is 2. The fourth-order valence-corrected chi connectivity index (χ4v) is 3.92. The zero-order valence-corrected chi connectivity index (χ0v) is 13.7. The number of carbonyl (C=O) groups excluding carboxylic acids is 1. The van der Waals surface area contributed by atoms with Gasteiger partial charge in [0.05, 0.1) is 11.0 Å². The number of rotatable bonds is 2. The van der Waals surface area contributed by atoms with Gasteiger partial charge in [-0.15, -0.1) is 0 Å². The van der Waals surface area contributed by atoms with Crippen LogP contribution >= 0.6 is 0 Å². The van der Waals surface area contributed by atoms with Crippen LogP contribution in [0.3, 0.4) is 0 Å². The zero-order valence-electron chi connectivity index (χ0n) is 13.7. The number of urea groups is 1. The Morgan fingerprint density at radius 1 is 1.36 bits per heavy atom. The van der Waals surface area contributed by atoms with E-state index in [-0.39, 0.29) is 18.2 Å². The number of carboxylic acids is 1. The first-order chi connectivity index (χ1) is 11.6. The molecule has 3 rings (SSSR count). The Balaban J connectivity index is 1.77. The Morgan fingerprint density at radius 3 is 2.68 bits per heavy atom. The molecule has 1 aromatic carbocycles. The molecule has 8 heteroatoms. The number of likely N-dealkylation sites (tertiary alicyclic amines) is 1. The summed E-state index contributed by atoms with van der Waals surface area (Å²) in [5.41, 5.74) is -1.16. The van der Waals surface area contributed by atoms with Crippen molar-refractivity contribution in [3.8, 4) is 0 Å². The Hall–Kier alpha value is -2.25. The number of hydrogen-bond acceptors (Lipinski definition) is 2. The van der Waals surface area contributed by atoms with Gasteiger partial charge in [-0.25, -0.2) is 4.79 Å². The molecule has 0 spiro atoms. The number of amides is 2. The average Bonchev–Trinajstić information content (AvgIpc) is 3.06. The smallest absolute Gasteiger partial charge is 0.416 e. The van der Waals surface area contributed by atoms with Crippen LogP contribution < -0.4 is 5.32 Å². The number of halogens is 3. The third-order valence-corrected chi connectivity index (χ3v) is 5.39. The van der Waals surface area contributed by atoms with Gasteiger partial charge in [0.25, 0.3) is 0 Å². The maximum absolute atomic E-state index is 12.8. The Kier molecular flexibility index (Phi) is 4.17. The van der Waals surface area contributed by atoms with Crippen molar-refractivity contribution >= 4 is 17.7 Å². The first kappa shape index (κ1) is 17.6. The highest BCUT2D eigenvalue weighted by Gasteiger charge is 2.55. The summed E-state index contributed by atoms with van der Waals surface area (Å²) in [6.45, 7) is 2.01. The van der Waals surface area contributed by atoms with Crippen molar-refractivity contribution in [3.05, 3.63) is 29.3 Å². The minimum absolute atomic E-state index is 0.0845. The van der Waals surface area contributed by atoms with Crippen molar-refractivity contribution in [1.29, 1.82) is 0 Å². The average molecular weight is 356 g/mol. The third-order valence-electron chi connectivity index (χ3n) is 5.39. The van der Waals surface area contributed by atoms with Gasteiger partial charge in [-0.2, -0.15) is 13.2 Å². The van der Waals surface area contributed by atoms with Crippen molar-refractivity contribution in [2.24, 2.45) is 11.3 Å². The number of alkyl halides is 3. The first-order valence-corrected chi connectivity index (χ1v) is 8.11. The molecule has 1 aromatic rings. The summed E-state index contributed by atoms with van der Waals surface area (Å²) in [6.07, 6.45) is -2.40. The molecule has 0 bridgehead atoms. The number of aryl methyl sites for hydroxylation is 1. The minimum atomic E-state index is -4.49. The van der Waals surface area contributed by atoms with E-state index in [9.17, 15) is 27.9 Å². The quantitative estimate of drug-likeness (QED) is 0.848. The molecule has 2 amide bonds. The molecule has 1 aliphatic carbocycles. The number of nitrogens with one attached hydrogen (secondary N) is 1. The van der Waals surface area contributed by atoms with E-state index in [1.807, 2.05) is 0 Å². The maximum atomic E-state index is 12.8. The Labute approximate surface area is 142 Å². The summed E-state index contributed by atoms with van der Waals surface area (Å²) in [6, 6.07) is 2.61. The fraction of sp³-hybridized carbons (Fsp3) is 0.529. The molecule has 0 unspecified atom stereocenters. The predicted octanol–water partition coefficient (Wildman–Crippen LogP) is 3.73. The highest BCUT2D eigenvalue weighted by Crippen LogP contribution is 2.49. The van der Waals surface area contributed by atoms with Gasteiger partial charge in [0.2, 0.25) is 0 Å². The first-order valence-electron chi connectivity index (χ1n) is 8.11. The highest BCUT2D eigenvalue weighted by atomic mass is 19.4. The largest absolute Gasteiger partial charge is 0.481 e. The van der Waals surface area contributed by atoms with E-state index in [2.05, 4.69) is 5.32 Å². The lowest BCUT2D eigenvalue weighted by atomic mass is 9.81. The molecule has 0 aromatic heterocycles. The second kappa shape index (κ2) is 5.93. The summed E-state index contributed by atoms with van der Waals surface area (Å²) in [4.78, 5) is 25.5.